The van der Waals surface area contributed by atoms with Gasteiger partial charge in [0.1, 0.15) is 0 Å². The molecule has 6 nitrogen and oxygen atoms in total. The summed E-state index contributed by atoms with van der Waals surface area (Å²) >= 11 is 0. The van der Waals surface area contributed by atoms with E-state index in [2.05, 4.69) is 0 Å². The molecule has 0 aromatic heterocycles. The molecular formula is C12H8O6Ti. The van der Waals surface area contributed by atoms with Crippen molar-refractivity contribution in [1.82, 2.24) is 0 Å². The molecule has 2 N–H and O–H groups in total. The van der Waals surface area contributed by atoms with E-state index in [1.54, 1.807) is 12.1 Å². The molecule has 0 aliphatic carbocycles. The van der Waals surface area contributed by atoms with E-state index in [0.717, 1.165) is 0 Å². The van der Waals surface area contributed by atoms with Crippen LogP contribution in [0.5, 0.6) is 0 Å². The van der Waals surface area contributed by atoms with Gasteiger partial charge < -0.3 is 21.2 Å². The minimum atomic E-state index is -1.03. The first-order chi connectivity index (χ1) is 7.59. The van der Waals surface area contributed by atoms with Crippen LogP contribution in [-0.4, -0.2) is 22.2 Å². The second-order valence-corrected chi connectivity index (χ2v) is 3.35. The summed E-state index contributed by atoms with van der Waals surface area (Å²) in [6, 6.07) is 9.15. The molecule has 19 heavy (non-hydrogen) atoms. The Morgan fingerprint density at radius 2 is 1.53 bits per heavy atom. The summed E-state index contributed by atoms with van der Waals surface area (Å²) in [6.45, 7) is 0. The van der Waals surface area contributed by atoms with Crippen molar-refractivity contribution in [2.45, 2.75) is 0 Å². The van der Waals surface area contributed by atoms with Crippen molar-refractivity contribution in [3.63, 3.8) is 0 Å². The molecule has 0 atom stereocenters. The van der Waals surface area contributed by atoms with Crippen LogP contribution < -0.4 is 0 Å². The van der Waals surface area contributed by atoms with Crippen LogP contribution in [0.2, 0.25) is 0 Å². The van der Waals surface area contributed by atoms with Crippen LogP contribution in [0, 0.1) is 0 Å². The van der Waals surface area contributed by atoms with Crippen molar-refractivity contribution in [1.29, 1.82) is 0 Å². The maximum absolute atomic E-state index is 10.9. The first-order valence-corrected chi connectivity index (χ1v) is 4.59. The average Bonchev–Trinajstić information content (AvgIpc) is 2.27. The van der Waals surface area contributed by atoms with Crippen LogP contribution >= 0.6 is 0 Å². The van der Waals surface area contributed by atoms with Gasteiger partial charge in [-0.05, 0) is 29.0 Å². The Labute approximate surface area is 123 Å². The van der Waals surface area contributed by atoms with Crippen molar-refractivity contribution in [2.75, 3.05) is 0 Å². The third kappa shape index (κ3) is 3.87. The summed E-state index contributed by atoms with van der Waals surface area (Å²) in [5, 5.41) is 18.9. The molecule has 0 aliphatic rings. The van der Waals surface area contributed by atoms with Crippen molar-refractivity contribution in [3.05, 3.63) is 47.5 Å². The predicted molar refractivity (Wildman–Crippen MR) is 59.2 cm³/mol. The zero-order valence-corrected chi connectivity index (χ0v) is 11.1. The molecule has 0 fully saturated rings. The molecule has 7 heteroatoms. The Balaban J connectivity index is 0. The molecule has 0 bridgehead atoms. The minimum Gasteiger partial charge on any atom is -2.00 e. The summed E-state index contributed by atoms with van der Waals surface area (Å²) in [6.07, 6.45) is 0. The molecule has 0 spiro atoms. The van der Waals surface area contributed by atoms with Crippen molar-refractivity contribution < 1.29 is 52.5 Å². The fraction of sp³-hybridized carbons (Fsp3) is 0. The van der Waals surface area contributed by atoms with E-state index in [1.807, 2.05) is 0 Å². The summed E-state index contributed by atoms with van der Waals surface area (Å²) in [4.78, 5) is 21.7. The van der Waals surface area contributed by atoms with Gasteiger partial charge in [0.15, 0.2) is 0 Å². The molecule has 0 saturated carbocycles. The number of carbonyl (C=O) groups is 2. The van der Waals surface area contributed by atoms with Crippen LogP contribution in [0.4, 0.5) is 0 Å². The van der Waals surface area contributed by atoms with Crippen LogP contribution in [0.3, 0.4) is 0 Å². The van der Waals surface area contributed by atoms with Crippen molar-refractivity contribution >= 4 is 22.7 Å². The van der Waals surface area contributed by atoms with Crippen LogP contribution in [0.15, 0.2) is 36.4 Å². The van der Waals surface area contributed by atoms with E-state index in [1.165, 1.54) is 24.3 Å². The number of hydrogen-bond acceptors (Lipinski definition) is 2. The topological polar surface area (TPSA) is 132 Å². The molecule has 2 aromatic carbocycles. The van der Waals surface area contributed by atoms with E-state index in [9.17, 15) is 9.59 Å². The van der Waals surface area contributed by atoms with Gasteiger partial charge in [0, 0.05) is 0 Å². The second kappa shape index (κ2) is 7.65. The largest absolute Gasteiger partial charge is 4.00 e. The van der Waals surface area contributed by atoms with Gasteiger partial charge in [-0.15, -0.1) is 0 Å². The van der Waals surface area contributed by atoms with E-state index in [0.29, 0.717) is 10.8 Å². The fourth-order valence-corrected chi connectivity index (χ4v) is 1.60. The van der Waals surface area contributed by atoms with Crippen molar-refractivity contribution in [2.24, 2.45) is 0 Å². The summed E-state index contributed by atoms with van der Waals surface area (Å²) < 4.78 is 0. The molecule has 0 radical (unpaired) electrons. The smallest absolute Gasteiger partial charge is 2.00 e. The molecule has 0 heterocycles. The van der Waals surface area contributed by atoms with Gasteiger partial charge >= 0.3 is 33.7 Å². The van der Waals surface area contributed by atoms with Gasteiger partial charge in [-0.3, -0.25) is 0 Å². The zero-order chi connectivity index (χ0) is 11.7. The summed E-state index contributed by atoms with van der Waals surface area (Å²) in [7, 11) is 0. The summed E-state index contributed by atoms with van der Waals surface area (Å²) in [5.41, 5.74) is 0.324. The SMILES string of the molecule is O=C(O)c1ccc2c(C(=O)O)cccc2c1.[O-2].[O-2].[Ti+4]. The molecule has 0 unspecified atom stereocenters. The predicted octanol–water partition coefficient (Wildman–Crippen LogP) is 2.00. The molecule has 0 amide bonds. The number of aromatic carboxylic acids is 2. The first-order valence-electron chi connectivity index (χ1n) is 4.59. The molecule has 2 aromatic rings. The minimum absolute atomic E-state index is 0. The van der Waals surface area contributed by atoms with Gasteiger partial charge in [-0.1, -0.05) is 18.2 Å². The van der Waals surface area contributed by atoms with Crippen LogP contribution in [0.1, 0.15) is 20.7 Å². The third-order valence-corrected chi connectivity index (χ3v) is 2.36. The molecular weight excluding hydrogens is 288 g/mol. The fourth-order valence-electron chi connectivity index (χ4n) is 1.60. The Morgan fingerprint density at radius 1 is 0.895 bits per heavy atom. The zero-order valence-electron chi connectivity index (χ0n) is 9.49. The first kappa shape index (κ1) is 19.6. The van der Waals surface area contributed by atoms with Gasteiger partial charge in [0.25, 0.3) is 0 Å². The number of benzene rings is 2. The van der Waals surface area contributed by atoms with Gasteiger partial charge in [-0.2, -0.15) is 0 Å². The summed E-state index contributed by atoms with van der Waals surface area (Å²) in [5.74, 6) is -2.05. The van der Waals surface area contributed by atoms with E-state index < -0.39 is 11.9 Å². The Hall–Kier alpha value is -1.73. The van der Waals surface area contributed by atoms with E-state index in [-0.39, 0.29) is 43.8 Å². The molecule has 96 valence electrons. The Kier molecular flexibility index (Phi) is 7.90. The molecule has 0 saturated heterocycles. The number of carboxylic acids is 2. The standard InChI is InChI=1S/C12H8O4.2O.Ti/c13-11(14)8-4-5-9-7(6-8)2-1-3-10(9)12(15)16;;;/h1-6H,(H,13,14)(H,15,16);;;/q;2*-2;+4. The normalized spacial score (nSPS) is 8.63. The van der Waals surface area contributed by atoms with Crippen LogP contribution in [-0.2, 0) is 32.7 Å². The van der Waals surface area contributed by atoms with Gasteiger partial charge in [0.2, 0.25) is 0 Å². The number of fused-ring (bicyclic) bond motifs is 1. The maximum Gasteiger partial charge on any atom is 4.00 e. The van der Waals surface area contributed by atoms with E-state index in [4.69, 9.17) is 10.2 Å². The van der Waals surface area contributed by atoms with Crippen LogP contribution in [0.25, 0.3) is 10.8 Å². The van der Waals surface area contributed by atoms with Gasteiger partial charge in [0.05, 0.1) is 11.1 Å². The number of rotatable bonds is 2. The Bertz CT molecular complexity index is 596. The quantitative estimate of drug-likeness (QED) is 0.820. The Morgan fingerprint density at radius 3 is 2.05 bits per heavy atom. The maximum atomic E-state index is 10.9. The number of carboxylic acid groups (broad SMARTS) is 2. The number of hydrogen-bond donors (Lipinski definition) is 2. The monoisotopic (exact) mass is 296 g/mol. The average molecular weight is 296 g/mol. The van der Waals surface area contributed by atoms with E-state index >= 15 is 0 Å². The third-order valence-electron chi connectivity index (χ3n) is 2.36. The molecule has 0 aliphatic heterocycles. The van der Waals surface area contributed by atoms with Gasteiger partial charge in [-0.25, -0.2) is 9.59 Å². The molecule has 2 rings (SSSR count). The second-order valence-electron chi connectivity index (χ2n) is 3.35. The van der Waals surface area contributed by atoms with Crippen molar-refractivity contribution in [3.8, 4) is 0 Å².